The first-order chi connectivity index (χ1) is 9.78. The predicted molar refractivity (Wildman–Crippen MR) is 83.7 cm³/mol. The molecule has 0 saturated heterocycles. The molecule has 2 rings (SSSR count). The molecule has 0 bridgehead atoms. The summed E-state index contributed by atoms with van der Waals surface area (Å²) in [5, 5.41) is 12.4. The summed E-state index contributed by atoms with van der Waals surface area (Å²) >= 11 is 1.93. The number of hydrogen-bond acceptors (Lipinski definition) is 3. The van der Waals surface area contributed by atoms with E-state index in [2.05, 4.69) is 11.4 Å². The summed E-state index contributed by atoms with van der Waals surface area (Å²) in [6.07, 6.45) is 7.19. The minimum atomic E-state index is 0.0309. The number of benzene rings is 1. The topological polar surface area (TPSA) is 52.9 Å². The number of rotatable bonds is 5. The summed E-state index contributed by atoms with van der Waals surface area (Å²) in [5.74, 6) is 0.914. The van der Waals surface area contributed by atoms with Crippen molar-refractivity contribution < 1.29 is 4.79 Å². The highest BCUT2D eigenvalue weighted by Crippen LogP contribution is 2.28. The summed E-state index contributed by atoms with van der Waals surface area (Å²) in [4.78, 5) is 11.8. The Bertz CT molecular complexity index is 489. The van der Waals surface area contributed by atoms with Crippen LogP contribution in [0.5, 0.6) is 0 Å². The third-order valence-electron chi connectivity index (χ3n) is 3.51. The molecule has 1 fully saturated rings. The number of nitriles is 1. The average Bonchev–Trinajstić information content (AvgIpc) is 2.48. The highest BCUT2D eigenvalue weighted by molar-refractivity contribution is 7.99. The fraction of sp³-hybridized carbons (Fsp3) is 0.500. The van der Waals surface area contributed by atoms with Crippen LogP contribution in [0.2, 0.25) is 0 Å². The molecule has 3 nitrogen and oxygen atoms in total. The molecule has 0 radical (unpaired) electrons. The first-order valence-corrected chi connectivity index (χ1v) is 8.24. The van der Waals surface area contributed by atoms with E-state index in [1.54, 1.807) is 18.2 Å². The lowest BCUT2D eigenvalue weighted by Gasteiger charge is -2.20. The molecule has 0 spiro atoms. The van der Waals surface area contributed by atoms with Gasteiger partial charge in [-0.3, -0.25) is 4.79 Å². The van der Waals surface area contributed by atoms with E-state index in [4.69, 9.17) is 5.26 Å². The van der Waals surface area contributed by atoms with E-state index in [0.717, 1.165) is 11.0 Å². The van der Waals surface area contributed by atoms with Crippen LogP contribution in [-0.2, 0) is 4.79 Å². The Morgan fingerprint density at radius 1 is 1.35 bits per heavy atom. The van der Waals surface area contributed by atoms with Crippen molar-refractivity contribution in [2.24, 2.45) is 0 Å². The van der Waals surface area contributed by atoms with Gasteiger partial charge in [-0.2, -0.15) is 17.0 Å². The molecule has 1 aliphatic carbocycles. The number of carbonyl (C=O) groups excluding carboxylic acids is 1. The van der Waals surface area contributed by atoms with Gasteiger partial charge in [-0.05, 0) is 31.0 Å². The minimum absolute atomic E-state index is 0.0309. The summed E-state index contributed by atoms with van der Waals surface area (Å²) in [5.41, 5.74) is 1.27. The number of nitrogens with zero attached hydrogens (tertiary/aromatic N) is 1. The van der Waals surface area contributed by atoms with E-state index in [9.17, 15) is 4.79 Å². The zero-order valence-electron chi connectivity index (χ0n) is 11.6. The van der Waals surface area contributed by atoms with Crippen LogP contribution in [-0.4, -0.2) is 16.9 Å². The van der Waals surface area contributed by atoms with Crippen molar-refractivity contribution in [1.82, 2.24) is 0 Å². The standard InChI is InChI=1S/C16H20N2OS/c17-12-13-5-4-6-14(11-13)18-16(19)9-10-20-15-7-2-1-3-8-15/h4-6,11,15H,1-3,7-10H2,(H,18,19). The SMILES string of the molecule is N#Cc1cccc(NC(=O)CCSC2CCCCC2)c1. The third-order valence-corrected chi connectivity index (χ3v) is 4.89. The fourth-order valence-electron chi connectivity index (χ4n) is 2.44. The Labute approximate surface area is 124 Å². The van der Waals surface area contributed by atoms with Crippen molar-refractivity contribution in [3.05, 3.63) is 29.8 Å². The van der Waals surface area contributed by atoms with Crippen LogP contribution < -0.4 is 5.32 Å². The summed E-state index contributed by atoms with van der Waals surface area (Å²) < 4.78 is 0. The lowest BCUT2D eigenvalue weighted by molar-refractivity contribution is -0.115. The Morgan fingerprint density at radius 2 is 2.15 bits per heavy atom. The lowest BCUT2D eigenvalue weighted by atomic mass is 10.0. The molecule has 0 aliphatic heterocycles. The molecule has 1 aromatic carbocycles. The van der Waals surface area contributed by atoms with Crippen molar-refractivity contribution in [2.75, 3.05) is 11.1 Å². The first-order valence-electron chi connectivity index (χ1n) is 7.19. The van der Waals surface area contributed by atoms with E-state index in [1.807, 2.05) is 17.8 Å². The quantitative estimate of drug-likeness (QED) is 0.892. The molecule has 20 heavy (non-hydrogen) atoms. The fourth-order valence-corrected chi connectivity index (χ4v) is 3.74. The van der Waals surface area contributed by atoms with Crippen LogP contribution in [0.15, 0.2) is 24.3 Å². The van der Waals surface area contributed by atoms with E-state index in [0.29, 0.717) is 17.7 Å². The lowest BCUT2D eigenvalue weighted by Crippen LogP contribution is -2.14. The smallest absolute Gasteiger partial charge is 0.225 e. The van der Waals surface area contributed by atoms with Gasteiger partial charge in [-0.25, -0.2) is 0 Å². The van der Waals surface area contributed by atoms with Gasteiger partial charge in [0.2, 0.25) is 5.91 Å². The zero-order chi connectivity index (χ0) is 14.2. The Balaban J connectivity index is 1.70. The minimum Gasteiger partial charge on any atom is -0.326 e. The van der Waals surface area contributed by atoms with Gasteiger partial charge in [-0.15, -0.1) is 0 Å². The second-order valence-corrected chi connectivity index (χ2v) is 6.53. The largest absolute Gasteiger partial charge is 0.326 e. The van der Waals surface area contributed by atoms with E-state index >= 15 is 0 Å². The van der Waals surface area contributed by atoms with E-state index in [-0.39, 0.29) is 5.91 Å². The number of carbonyl (C=O) groups is 1. The van der Waals surface area contributed by atoms with Gasteiger partial charge in [0.05, 0.1) is 11.6 Å². The van der Waals surface area contributed by atoms with Gasteiger partial charge in [0.25, 0.3) is 0 Å². The molecule has 1 amide bonds. The maximum absolute atomic E-state index is 11.8. The molecule has 4 heteroatoms. The number of hydrogen-bond donors (Lipinski definition) is 1. The number of nitrogens with one attached hydrogen (secondary N) is 1. The van der Waals surface area contributed by atoms with E-state index < -0.39 is 0 Å². The normalized spacial score (nSPS) is 15.6. The van der Waals surface area contributed by atoms with Crippen molar-refractivity contribution in [3.63, 3.8) is 0 Å². The first kappa shape index (κ1) is 14.9. The monoisotopic (exact) mass is 288 g/mol. The van der Waals surface area contributed by atoms with Gasteiger partial charge in [0, 0.05) is 23.1 Å². The van der Waals surface area contributed by atoms with Crippen LogP contribution in [0, 0.1) is 11.3 Å². The Kier molecular flexibility index (Phi) is 5.94. The maximum Gasteiger partial charge on any atom is 0.225 e. The van der Waals surface area contributed by atoms with Crippen LogP contribution in [0.3, 0.4) is 0 Å². The summed E-state index contributed by atoms with van der Waals surface area (Å²) in [6.45, 7) is 0. The molecule has 0 aromatic heterocycles. The molecular weight excluding hydrogens is 268 g/mol. The van der Waals surface area contributed by atoms with Crippen LogP contribution in [0.4, 0.5) is 5.69 Å². The Morgan fingerprint density at radius 3 is 2.90 bits per heavy atom. The van der Waals surface area contributed by atoms with Crippen molar-refractivity contribution in [1.29, 1.82) is 5.26 Å². The molecule has 0 heterocycles. The highest BCUT2D eigenvalue weighted by Gasteiger charge is 2.14. The van der Waals surface area contributed by atoms with Crippen LogP contribution in [0.25, 0.3) is 0 Å². The summed E-state index contributed by atoms with van der Waals surface area (Å²) in [6, 6.07) is 9.10. The predicted octanol–water partition coefficient (Wildman–Crippen LogP) is 3.95. The number of thioether (sulfide) groups is 1. The average molecular weight is 288 g/mol. The number of anilines is 1. The molecule has 106 valence electrons. The molecular formula is C16H20N2OS. The van der Waals surface area contributed by atoms with Crippen LogP contribution in [0.1, 0.15) is 44.1 Å². The molecule has 1 aliphatic rings. The zero-order valence-corrected chi connectivity index (χ0v) is 12.4. The second kappa shape index (κ2) is 7.96. The van der Waals surface area contributed by atoms with Crippen molar-refractivity contribution in [2.45, 2.75) is 43.8 Å². The Hall–Kier alpha value is -1.47. The van der Waals surface area contributed by atoms with Crippen molar-refractivity contribution in [3.8, 4) is 6.07 Å². The van der Waals surface area contributed by atoms with Gasteiger partial charge in [0.15, 0.2) is 0 Å². The van der Waals surface area contributed by atoms with Gasteiger partial charge in [0.1, 0.15) is 0 Å². The van der Waals surface area contributed by atoms with E-state index in [1.165, 1.54) is 32.1 Å². The molecule has 1 aromatic rings. The molecule has 0 unspecified atom stereocenters. The van der Waals surface area contributed by atoms with Gasteiger partial charge >= 0.3 is 0 Å². The molecule has 1 saturated carbocycles. The van der Waals surface area contributed by atoms with Crippen molar-refractivity contribution >= 4 is 23.4 Å². The van der Waals surface area contributed by atoms with Crippen LogP contribution >= 0.6 is 11.8 Å². The number of amides is 1. The van der Waals surface area contributed by atoms with Gasteiger partial charge < -0.3 is 5.32 Å². The van der Waals surface area contributed by atoms with Gasteiger partial charge in [-0.1, -0.05) is 25.3 Å². The second-order valence-electron chi connectivity index (χ2n) is 5.12. The summed E-state index contributed by atoms with van der Waals surface area (Å²) in [7, 11) is 0. The highest BCUT2D eigenvalue weighted by atomic mass is 32.2. The molecule has 0 atom stereocenters. The molecule has 1 N–H and O–H groups in total. The maximum atomic E-state index is 11.8. The third kappa shape index (κ3) is 4.90.